The van der Waals surface area contributed by atoms with Crippen molar-refractivity contribution in [3.63, 3.8) is 0 Å². The molecule has 2 amide bonds. The first-order valence-electron chi connectivity index (χ1n) is 8.05. The maximum Gasteiger partial charge on any atom is 0.318 e. The van der Waals surface area contributed by atoms with Crippen LogP contribution in [0.1, 0.15) is 39.2 Å². The monoisotopic (exact) mass is 338 g/mol. The second-order valence-corrected chi connectivity index (χ2v) is 8.71. The van der Waals surface area contributed by atoms with Crippen molar-refractivity contribution in [2.24, 2.45) is 5.92 Å². The van der Waals surface area contributed by atoms with E-state index in [2.05, 4.69) is 26.1 Å². The van der Waals surface area contributed by atoms with Crippen molar-refractivity contribution >= 4 is 15.9 Å². The molecule has 6 heteroatoms. The molecule has 1 N–H and O–H groups in total. The zero-order valence-electron chi connectivity index (χ0n) is 14.2. The van der Waals surface area contributed by atoms with Crippen LogP contribution in [0.4, 0.5) is 4.79 Å². The molecule has 0 spiro atoms. The standard InChI is InChI=1S/C17H26N2O3S/c1-12(2)13(3)19(15-7-8-15)17(20)18-11-14-5-9-16(10-6-14)23(4,21)22/h5-6,9-10,12-13,15H,7-8,11H2,1-4H3,(H,18,20)/t13-/m1/s1. The van der Waals surface area contributed by atoms with E-state index in [9.17, 15) is 13.2 Å². The number of rotatable bonds is 6. The second kappa shape index (κ2) is 6.91. The molecule has 0 unspecified atom stereocenters. The van der Waals surface area contributed by atoms with Crippen LogP contribution in [-0.2, 0) is 16.4 Å². The lowest BCUT2D eigenvalue weighted by Gasteiger charge is -2.32. The molecule has 2 rings (SSSR count). The number of hydrogen-bond donors (Lipinski definition) is 1. The van der Waals surface area contributed by atoms with Gasteiger partial charge in [0.2, 0.25) is 0 Å². The average molecular weight is 338 g/mol. The first-order valence-corrected chi connectivity index (χ1v) is 9.94. The van der Waals surface area contributed by atoms with E-state index in [1.807, 2.05) is 4.90 Å². The van der Waals surface area contributed by atoms with Crippen LogP contribution in [-0.4, -0.2) is 37.7 Å². The van der Waals surface area contributed by atoms with Gasteiger partial charge in [-0.25, -0.2) is 13.2 Å². The summed E-state index contributed by atoms with van der Waals surface area (Å²) < 4.78 is 22.9. The molecule has 1 aromatic rings. The van der Waals surface area contributed by atoms with Crippen molar-refractivity contribution in [1.29, 1.82) is 0 Å². The maximum absolute atomic E-state index is 12.5. The highest BCUT2D eigenvalue weighted by Gasteiger charge is 2.36. The van der Waals surface area contributed by atoms with Crippen molar-refractivity contribution in [2.75, 3.05) is 6.26 Å². The molecule has 1 aromatic carbocycles. The number of carbonyl (C=O) groups is 1. The number of nitrogens with zero attached hydrogens (tertiary/aromatic N) is 1. The molecule has 1 atom stereocenters. The lowest BCUT2D eigenvalue weighted by molar-refractivity contribution is 0.156. The Balaban J connectivity index is 1.97. The second-order valence-electron chi connectivity index (χ2n) is 6.70. The fourth-order valence-corrected chi connectivity index (χ4v) is 3.11. The summed E-state index contributed by atoms with van der Waals surface area (Å²) in [4.78, 5) is 14.7. The van der Waals surface area contributed by atoms with E-state index in [4.69, 9.17) is 0 Å². The Kier molecular flexibility index (Phi) is 5.34. The zero-order valence-corrected chi connectivity index (χ0v) is 15.1. The average Bonchev–Trinajstić information content (AvgIpc) is 3.29. The molecule has 1 aliphatic rings. The van der Waals surface area contributed by atoms with Crippen molar-refractivity contribution < 1.29 is 13.2 Å². The van der Waals surface area contributed by atoms with Crippen molar-refractivity contribution in [2.45, 2.75) is 57.1 Å². The maximum atomic E-state index is 12.5. The summed E-state index contributed by atoms with van der Waals surface area (Å²) in [6.07, 6.45) is 3.34. The Morgan fingerprint density at radius 1 is 1.22 bits per heavy atom. The summed E-state index contributed by atoms with van der Waals surface area (Å²) in [5.41, 5.74) is 0.888. The Morgan fingerprint density at radius 2 is 1.78 bits per heavy atom. The molecule has 1 saturated carbocycles. The highest BCUT2D eigenvalue weighted by molar-refractivity contribution is 7.90. The normalized spacial score (nSPS) is 16.2. The van der Waals surface area contributed by atoms with Gasteiger partial charge >= 0.3 is 6.03 Å². The van der Waals surface area contributed by atoms with Crippen LogP contribution in [0.15, 0.2) is 29.2 Å². The molecule has 0 bridgehead atoms. The minimum atomic E-state index is -3.18. The van der Waals surface area contributed by atoms with Crippen LogP contribution >= 0.6 is 0 Å². The van der Waals surface area contributed by atoms with Crippen molar-refractivity contribution in [1.82, 2.24) is 10.2 Å². The third-order valence-electron chi connectivity index (χ3n) is 4.37. The predicted molar refractivity (Wildman–Crippen MR) is 90.9 cm³/mol. The third kappa shape index (κ3) is 4.70. The minimum absolute atomic E-state index is 0.0408. The van der Waals surface area contributed by atoms with Gasteiger partial charge < -0.3 is 10.2 Å². The predicted octanol–water partition coefficient (Wildman–Crippen LogP) is 2.81. The van der Waals surface area contributed by atoms with E-state index >= 15 is 0 Å². The third-order valence-corrected chi connectivity index (χ3v) is 5.50. The van der Waals surface area contributed by atoms with Gasteiger partial charge in [-0.15, -0.1) is 0 Å². The van der Waals surface area contributed by atoms with Crippen molar-refractivity contribution in [3.8, 4) is 0 Å². The number of benzene rings is 1. The smallest absolute Gasteiger partial charge is 0.318 e. The van der Waals surface area contributed by atoms with Crippen LogP contribution in [0.2, 0.25) is 0 Å². The number of urea groups is 1. The van der Waals surface area contributed by atoms with Crippen LogP contribution in [0.5, 0.6) is 0 Å². The molecular formula is C17H26N2O3S. The molecule has 1 aliphatic carbocycles. The summed E-state index contributed by atoms with van der Waals surface area (Å²) in [6, 6.07) is 7.16. The quantitative estimate of drug-likeness (QED) is 0.867. The number of amides is 2. The highest BCUT2D eigenvalue weighted by atomic mass is 32.2. The zero-order chi connectivity index (χ0) is 17.2. The van der Waals surface area contributed by atoms with Gasteiger partial charge in [0.05, 0.1) is 4.90 Å². The lowest BCUT2D eigenvalue weighted by atomic mass is 10.0. The number of carbonyl (C=O) groups excluding carboxylic acids is 1. The number of sulfone groups is 1. The van der Waals surface area contributed by atoms with Gasteiger partial charge in [0.25, 0.3) is 0 Å². The van der Waals surface area contributed by atoms with E-state index < -0.39 is 9.84 Å². The SMILES string of the molecule is CC(C)[C@@H](C)N(C(=O)NCc1ccc(S(C)(=O)=O)cc1)C1CC1. The van der Waals surface area contributed by atoms with Gasteiger partial charge in [-0.3, -0.25) is 0 Å². The fourth-order valence-electron chi connectivity index (χ4n) is 2.48. The summed E-state index contributed by atoms with van der Waals surface area (Å²) in [7, 11) is -3.18. The van der Waals surface area contributed by atoms with E-state index in [-0.39, 0.29) is 12.1 Å². The van der Waals surface area contributed by atoms with Gasteiger partial charge in [-0.2, -0.15) is 0 Å². The highest BCUT2D eigenvalue weighted by Crippen LogP contribution is 2.30. The Bertz CT molecular complexity index is 649. The van der Waals surface area contributed by atoms with Gasteiger partial charge in [0.15, 0.2) is 9.84 Å². The molecule has 1 fully saturated rings. The summed E-state index contributed by atoms with van der Waals surface area (Å²) in [5.74, 6) is 0.412. The topological polar surface area (TPSA) is 66.5 Å². The first kappa shape index (κ1) is 17.8. The summed E-state index contributed by atoms with van der Waals surface area (Å²) in [5, 5.41) is 2.95. The van der Waals surface area contributed by atoms with Gasteiger partial charge in [0.1, 0.15) is 0 Å². The minimum Gasteiger partial charge on any atom is -0.334 e. The fraction of sp³-hybridized carbons (Fsp3) is 0.588. The number of hydrogen-bond acceptors (Lipinski definition) is 3. The van der Waals surface area contributed by atoms with Gasteiger partial charge in [-0.05, 0) is 43.4 Å². The molecule has 128 valence electrons. The van der Waals surface area contributed by atoms with Crippen LogP contribution in [0.25, 0.3) is 0 Å². The van der Waals surface area contributed by atoms with Gasteiger partial charge in [0, 0.05) is 24.9 Å². The molecule has 0 aliphatic heterocycles. The lowest BCUT2D eigenvalue weighted by Crippen LogP contribution is -2.48. The van der Waals surface area contributed by atoms with Gasteiger partial charge in [-0.1, -0.05) is 26.0 Å². The van der Waals surface area contributed by atoms with E-state index in [1.165, 1.54) is 6.26 Å². The molecule has 0 radical (unpaired) electrons. The molecule has 0 heterocycles. The van der Waals surface area contributed by atoms with E-state index in [0.717, 1.165) is 18.4 Å². The number of nitrogens with one attached hydrogen (secondary N) is 1. The molecule has 0 aromatic heterocycles. The Hall–Kier alpha value is -1.56. The van der Waals surface area contributed by atoms with Crippen LogP contribution in [0.3, 0.4) is 0 Å². The first-order chi connectivity index (χ1) is 10.7. The Labute approximate surface area is 139 Å². The van der Waals surface area contributed by atoms with E-state index in [1.54, 1.807) is 24.3 Å². The van der Waals surface area contributed by atoms with E-state index in [0.29, 0.717) is 23.4 Å². The van der Waals surface area contributed by atoms with Crippen LogP contribution in [0, 0.1) is 5.92 Å². The molecule has 0 saturated heterocycles. The Morgan fingerprint density at radius 3 is 2.22 bits per heavy atom. The van der Waals surface area contributed by atoms with Crippen molar-refractivity contribution in [3.05, 3.63) is 29.8 Å². The molecular weight excluding hydrogens is 312 g/mol. The summed E-state index contributed by atoms with van der Waals surface area (Å²) in [6.45, 7) is 6.73. The van der Waals surface area contributed by atoms with Crippen LogP contribution < -0.4 is 5.32 Å². The largest absolute Gasteiger partial charge is 0.334 e. The summed E-state index contributed by atoms with van der Waals surface area (Å²) >= 11 is 0. The molecule has 5 nitrogen and oxygen atoms in total. The molecule has 23 heavy (non-hydrogen) atoms.